The SMILES string of the molecule is CCO[C@@H]1C[C@H](N(C)C(=O)c2c(C)c3cc(O)ccc3oc2=O)C12CCC2. The van der Waals surface area contributed by atoms with Gasteiger partial charge in [0, 0.05) is 30.5 Å². The first-order valence-electron chi connectivity index (χ1n) is 9.54. The Labute approximate surface area is 157 Å². The summed E-state index contributed by atoms with van der Waals surface area (Å²) in [4.78, 5) is 27.4. The van der Waals surface area contributed by atoms with Crippen molar-refractivity contribution in [1.29, 1.82) is 0 Å². The fraction of sp³-hybridized carbons (Fsp3) is 0.524. The first-order chi connectivity index (χ1) is 12.9. The summed E-state index contributed by atoms with van der Waals surface area (Å²) in [7, 11) is 1.76. The van der Waals surface area contributed by atoms with Gasteiger partial charge in [-0.3, -0.25) is 4.79 Å². The van der Waals surface area contributed by atoms with Gasteiger partial charge in [-0.15, -0.1) is 0 Å². The molecular weight excluding hydrogens is 346 g/mol. The van der Waals surface area contributed by atoms with Gasteiger partial charge in [0.1, 0.15) is 16.9 Å². The van der Waals surface area contributed by atoms with Crippen LogP contribution in [-0.2, 0) is 4.74 Å². The smallest absolute Gasteiger partial charge is 0.349 e. The molecule has 0 bridgehead atoms. The Balaban J connectivity index is 1.68. The normalized spacial score (nSPS) is 23.1. The predicted octanol–water partition coefficient (Wildman–Crippen LogP) is 3.23. The highest BCUT2D eigenvalue weighted by Gasteiger charge is 2.61. The maximum Gasteiger partial charge on any atom is 0.349 e. The van der Waals surface area contributed by atoms with Crippen molar-refractivity contribution in [2.45, 2.75) is 51.7 Å². The zero-order valence-electron chi connectivity index (χ0n) is 15.9. The second-order valence-electron chi connectivity index (χ2n) is 7.77. The number of nitrogens with zero attached hydrogens (tertiary/aromatic N) is 1. The third kappa shape index (κ3) is 2.57. The lowest BCUT2D eigenvalue weighted by molar-refractivity contribution is -0.192. The van der Waals surface area contributed by atoms with E-state index in [0.29, 0.717) is 23.1 Å². The Morgan fingerprint density at radius 3 is 2.78 bits per heavy atom. The highest BCUT2D eigenvalue weighted by Crippen LogP contribution is 2.59. The molecule has 2 atom stereocenters. The molecule has 144 valence electrons. The van der Waals surface area contributed by atoms with Gasteiger partial charge in [-0.05, 0) is 56.9 Å². The van der Waals surface area contributed by atoms with Gasteiger partial charge in [0.25, 0.3) is 5.91 Å². The van der Waals surface area contributed by atoms with Crippen LogP contribution in [0.4, 0.5) is 0 Å². The molecule has 27 heavy (non-hydrogen) atoms. The summed E-state index contributed by atoms with van der Waals surface area (Å²) in [6, 6.07) is 4.60. The number of aryl methyl sites for hydroxylation is 1. The van der Waals surface area contributed by atoms with Crippen LogP contribution in [0.25, 0.3) is 11.0 Å². The molecule has 1 spiro atoms. The van der Waals surface area contributed by atoms with Crippen molar-refractivity contribution < 1.29 is 19.1 Å². The van der Waals surface area contributed by atoms with Gasteiger partial charge in [0.15, 0.2) is 0 Å². The first-order valence-corrected chi connectivity index (χ1v) is 9.54. The van der Waals surface area contributed by atoms with E-state index in [1.54, 1.807) is 24.9 Å². The molecule has 0 aliphatic heterocycles. The number of carbonyl (C=O) groups excluding carboxylic acids is 1. The van der Waals surface area contributed by atoms with E-state index in [-0.39, 0.29) is 34.8 Å². The van der Waals surface area contributed by atoms with Crippen molar-refractivity contribution in [2.24, 2.45) is 5.41 Å². The highest BCUT2D eigenvalue weighted by atomic mass is 16.5. The summed E-state index contributed by atoms with van der Waals surface area (Å²) in [5, 5.41) is 10.3. The monoisotopic (exact) mass is 371 g/mol. The molecule has 2 saturated carbocycles. The molecular formula is C21H25NO5. The van der Waals surface area contributed by atoms with E-state index in [9.17, 15) is 14.7 Å². The average Bonchev–Trinajstić information content (AvgIpc) is 2.57. The number of ether oxygens (including phenoxy) is 1. The van der Waals surface area contributed by atoms with Gasteiger partial charge in [0.05, 0.1) is 6.10 Å². The van der Waals surface area contributed by atoms with Gasteiger partial charge in [-0.1, -0.05) is 6.42 Å². The molecule has 0 radical (unpaired) electrons. The van der Waals surface area contributed by atoms with E-state index in [1.807, 2.05) is 6.92 Å². The van der Waals surface area contributed by atoms with E-state index in [1.165, 1.54) is 12.1 Å². The number of phenolic OH excluding ortho intramolecular Hbond substituents is 1. The Morgan fingerprint density at radius 2 is 2.15 bits per heavy atom. The van der Waals surface area contributed by atoms with Crippen LogP contribution in [0.5, 0.6) is 5.75 Å². The molecule has 6 heteroatoms. The molecule has 6 nitrogen and oxygen atoms in total. The third-order valence-electron chi connectivity index (χ3n) is 6.55. The van der Waals surface area contributed by atoms with E-state index in [0.717, 1.165) is 25.7 Å². The van der Waals surface area contributed by atoms with E-state index in [2.05, 4.69) is 0 Å². The van der Waals surface area contributed by atoms with Crippen molar-refractivity contribution >= 4 is 16.9 Å². The molecule has 2 fully saturated rings. The lowest BCUT2D eigenvalue weighted by Gasteiger charge is -2.63. The van der Waals surface area contributed by atoms with Crippen LogP contribution in [0.1, 0.15) is 48.5 Å². The standard InChI is InChI=1S/C21H25NO5/c1-4-26-17-11-16(21(17)8-5-9-21)22(3)19(24)18-12(2)14-10-13(23)6-7-15(14)27-20(18)25/h6-7,10,16-17,23H,4-5,8-9,11H2,1-3H3/t16-,17+/m0/s1. The summed E-state index contributed by atoms with van der Waals surface area (Å²) in [6.45, 7) is 4.39. The second kappa shape index (κ2) is 6.37. The number of rotatable bonds is 4. The molecule has 1 N–H and O–H groups in total. The third-order valence-corrected chi connectivity index (χ3v) is 6.55. The van der Waals surface area contributed by atoms with Crippen molar-refractivity contribution in [3.05, 3.63) is 39.7 Å². The lowest BCUT2D eigenvalue weighted by atomic mass is 9.50. The van der Waals surface area contributed by atoms with Gasteiger partial charge in [0.2, 0.25) is 0 Å². The summed E-state index contributed by atoms with van der Waals surface area (Å²) >= 11 is 0. The van der Waals surface area contributed by atoms with Crippen LogP contribution in [0.3, 0.4) is 0 Å². The van der Waals surface area contributed by atoms with Gasteiger partial charge in [-0.2, -0.15) is 0 Å². The maximum atomic E-state index is 13.2. The van der Waals surface area contributed by atoms with Crippen LogP contribution < -0.4 is 5.63 Å². The molecule has 1 aromatic heterocycles. The lowest BCUT2D eigenvalue weighted by Crippen LogP contribution is -2.68. The first kappa shape index (κ1) is 18.0. The fourth-order valence-electron chi connectivity index (χ4n) is 4.85. The number of benzene rings is 1. The van der Waals surface area contributed by atoms with E-state index < -0.39 is 5.63 Å². The van der Waals surface area contributed by atoms with Crippen LogP contribution in [0.15, 0.2) is 27.4 Å². The molecule has 1 heterocycles. The zero-order valence-corrected chi connectivity index (χ0v) is 15.9. The van der Waals surface area contributed by atoms with Gasteiger partial charge >= 0.3 is 5.63 Å². The summed E-state index contributed by atoms with van der Waals surface area (Å²) in [5.41, 5.74) is 0.349. The minimum Gasteiger partial charge on any atom is -0.508 e. The number of carbonyl (C=O) groups is 1. The minimum absolute atomic E-state index is 0.0314. The van der Waals surface area contributed by atoms with Crippen LogP contribution in [-0.4, -0.2) is 41.7 Å². The topological polar surface area (TPSA) is 80.0 Å². The second-order valence-corrected chi connectivity index (χ2v) is 7.77. The van der Waals surface area contributed by atoms with E-state index >= 15 is 0 Å². The van der Waals surface area contributed by atoms with Crippen molar-refractivity contribution in [1.82, 2.24) is 4.90 Å². The molecule has 2 aromatic rings. The summed E-state index contributed by atoms with van der Waals surface area (Å²) in [6.07, 6.45) is 4.26. The number of phenols is 1. The number of fused-ring (bicyclic) bond motifs is 1. The molecule has 4 rings (SSSR count). The summed E-state index contributed by atoms with van der Waals surface area (Å²) < 4.78 is 11.2. The quantitative estimate of drug-likeness (QED) is 0.835. The Morgan fingerprint density at radius 1 is 1.41 bits per heavy atom. The van der Waals surface area contributed by atoms with Crippen molar-refractivity contribution in [2.75, 3.05) is 13.7 Å². The van der Waals surface area contributed by atoms with Gasteiger partial charge < -0.3 is 19.2 Å². The predicted molar refractivity (Wildman–Crippen MR) is 101 cm³/mol. The van der Waals surface area contributed by atoms with Gasteiger partial charge in [-0.25, -0.2) is 4.79 Å². The van der Waals surface area contributed by atoms with Crippen molar-refractivity contribution in [3.8, 4) is 5.75 Å². The van der Waals surface area contributed by atoms with Crippen LogP contribution >= 0.6 is 0 Å². The van der Waals surface area contributed by atoms with Crippen LogP contribution in [0.2, 0.25) is 0 Å². The number of hydrogen-bond acceptors (Lipinski definition) is 5. The Bertz CT molecular complexity index is 959. The summed E-state index contributed by atoms with van der Waals surface area (Å²) in [5.74, 6) is -0.254. The number of aromatic hydroxyl groups is 1. The molecule has 2 aliphatic carbocycles. The fourth-order valence-corrected chi connectivity index (χ4v) is 4.85. The van der Waals surface area contributed by atoms with Crippen molar-refractivity contribution in [3.63, 3.8) is 0 Å². The zero-order chi connectivity index (χ0) is 19.3. The Kier molecular flexibility index (Phi) is 4.26. The molecule has 2 aliphatic rings. The molecule has 0 saturated heterocycles. The Hall–Kier alpha value is -2.34. The molecule has 1 aromatic carbocycles. The minimum atomic E-state index is -0.633. The number of amides is 1. The molecule has 0 unspecified atom stereocenters. The number of hydrogen-bond donors (Lipinski definition) is 1. The highest BCUT2D eigenvalue weighted by molar-refractivity contribution is 5.99. The average molecular weight is 371 g/mol. The van der Waals surface area contributed by atoms with Crippen LogP contribution in [0, 0.1) is 12.3 Å². The molecule has 1 amide bonds. The maximum absolute atomic E-state index is 13.2. The largest absolute Gasteiger partial charge is 0.508 e. The van der Waals surface area contributed by atoms with E-state index in [4.69, 9.17) is 9.15 Å².